The minimum absolute atomic E-state index is 0. The molecular formula is C6H9Cl2FeNO6. The zero-order valence-corrected chi connectivity index (χ0v) is 10.4. The van der Waals surface area contributed by atoms with Gasteiger partial charge in [-0.2, -0.15) is 0 Å². The number of nitrogens with zero attached hydrogens (tertiary/aromatic N) is 1. The van der Waals surface area contributed by atoms with Gasteiger partial charge in [0.25, 0.3) is 0 Å². The van der Waals surface area contributed by atoms with E-state index in [9.17, 15) is 14.4 Å². The Bertz CT molecular complexity index is 201. The molecule has 0 heterocycles. The third-order valence-corrected chi connectivity index (χ3v) is 1.08. The molecule has 0 fully saturated rings. The van der Waals surface area contributed by atoms with Gasteiger partial charge in [0.05, 0.1) is 19.6 Å². The quantitative estimate of drug-likeness (QED) is 0.417. The van der Waals surface area contributed by atoms with Gasteiger partial charge in [-0.15, -0.1) is 0 Å². The summed E-state index contributed by atoms with van der Waals surface area (Å²) in [6, 6.07) is 0. The second kappa shape index (κ2) is 12.5. The van der Waals surface area contributed by atoms with Gasteiger partial charge in [-0.3, -0.25) is 19.3 Å². The van der Waals surface area contributed by atoms with Crippen LogP contribution >= 0.6 is 0 Å². The van der Waals surface area contributed by atoms with Crippen molar-refractivity contribution < 1.29 is 71.6 Å². The van der Waals surface area contributed by atoms with Gasteiger partial charge in [0.1, 0.15) is 0 Å². The molecule has 0 saturated carbocycles. The fraction of sp³-hybridized carbons (Fsp3) is 0.500. The molecule has 0 aliphatic rings. The number of rotatable bonds is 6. The molecule has 0 atom stereocenters. The van der Waals surface area contributed by atoms with Crippen molar-refractivity contribution in [1.29, 1.82) is 0 Å². The Balaban J connectivity index is -0.000000240. The minimum atomic E-state index is -1.26. The van der Waals surface area contributed by atoms with Crippen molar-refractivity contribution in [1.82, 2.24) is 4.90 Å². The Morgan fingerprint density at radius 1 is 0.750 bits per heavy atom. The van der Waals surface area contributed by atoms with Gasteiger partial charge >= 0.3 is 35.0 Å². The van der Waals surface area contributed by atoms with Crippen molar-refractivity contribution in [3.8, 4) is 0 Å². The van der Waals surface area contributed by atoms with Crippen LogP contribution in [0, 0.1) is 0 Å². The molecule has 0 amide bonds. The van der Waals surface area contributed by atoms with E-state index in [4.69, 9.17) is 15.3 Å². The van der Waals surface area contributed by atoms with Crippen LogP contribution in [0.15, 0.2) is 0 Å². The summed E-state index contributed by atoms with van der Waals surface area (Å²) >= 11 is 0. The van der Waals surface area contributed by atoms with E-state index < -0.39 is 37.5 Å². The molecule has 0 aliphatic carbocycles. The molecule has 0 aromatic carbocycles. The van der Waals surface area contributed by atoms with Gasteiger partial charge in [0, 0.05) is 0 Å². The second-order valence-electron chi connectivity index (χ2n) is 2.33. The molecule has 0 unspecified atom stereocenters. The Labute approximate surface area is 114 Å². The smallest absolute Gasteiger partial charge is 1.00 e. The van der Waals surface area contributed by atoms with Crippen molar-refractivity contribution in [3.05, 3.63) is 0 Å². The average Bonchev–Trinajstić information content (AvgIpc) is 1.80. The zero-order chi connectivity index (χ0) is 10.4. The fourth-order valence-corrected chi connectivity index (χ4v) is 0.742. The Morgan fingerprint density at radius 2 is 0.938 bits per heavy atom. The van der Waals surface area contributed by atoms with Crippen molar-refractivity contribution in [2.75, 3.05) is 19.6 Å². The summed E-state index contributed by atoms with van der Waals surface area (Å²) < 4.78 is 0. The molecule has 0 aromatic rings. The minimum Gasteiger partial charge on any atom is -1.00 e. The van der Waals surface area contributed by atoms with Crippen LogP contribution < -0.4 is 24.8 Å². The van der Waals surface area contributed by atoms with Crippen LogP contribution in [0.2, 0.25) is 0 Å². The summed E-state index contributed by atoms with van der Waals surface area (Å²) in [4.78, 5) is 31.2. The van der Waals surface area contributed by atoms with Crippen LogP contribution in [0.4, 0.5) is 0 Å². The predicted molar refractivity (Wildman–Crippen MR) is 39.3 cm³/mol. The van der Waals surface area contributed by atoms with Crippen LogP contribution in [-0.4, -0.2) is 57.8 Å². The summed E-state index contributed by atoms with van der Waals surface area (Å²) in [6.45, 7) is -1.80. The van der Waals surface area contributed by atoms with E-state index in [0.29, 0.717) is 0 Å². The first-order valence-electron chi connectivity index (χ1n) is 3.29. The maximum Gasteiger partial charge on any atom is 2.00 e. The van der Waals surface area contributed by atoms with E-state index in [1.54, 1.807) is 0 Å². The summed E-state index contributed by atoms with van der Waals surface area (Å²) in [6.07, 6.45) is 0. The number of aliphatic carboxylic acids is 3. The van der Waals surface area contributed by atoms with Crippen LogP contribution in [0.5, 0.6) is 0 Å². The molecule has 96 valence electrons. The third-order valence-electron chi connectivity index (χ3n) is 1.08. The molecule has 16 heavy (non-hydrogen) atoms. The molecule has 0 rings (SSSR count). The molecule has 10 heteroatoms. The number of carboxylic acids is 3. The van der Waals surface area contributed by atoms with Crippen molar-refractivity contribution in [3.63, 3.8) is 0 Å². The molecule has 0 spiro atoms. The van der Waals surface area contributed by atoms with Gasteiger partial charge in [-0.25, -0.2) is 0 Å². The maximum absolute atomic E-state index is 10.1. The monoisotopic (exact) mass is 317 g/mol. The molecule has 7 nitrogen and oxygen atoms in total. The SMILES string of the molecule is O=C(O)CN(CC(=O)O)CC(=O)O.[Cl-].[Cl-].[Fe+2]. The van der Waals surface area contributed by atoms with Crippen LogP contribution in [0.1, 0.15) is 0 Å². The first-order chi connectivity index (χ1) is 5.91. The van der Waals surface area contributed by atoms with E-state index >= 15 is 0 Å². The van der Waals surface area contributed by atoms with E-state index in [1.165, 1.54) is 0 Å². The van der Waals surface area contributed by atoms with Gasteiger partial charge in [-0.1, -0.05) is 0 Å². The average molecular weight is 318 g/mol. The maximum atomic E-state index is 10.1. The molecule has 0 saturated heterocycles. The molecule has 0 aliphatic heterocycles. The normalized spacial score (nSPS) is 8.06. The third kappa shape index (κ3) is 15.9. The Kier molecular flexibility index (Phi) is 19.3. The Hall–Kier alpha value is -0.531. The number of hydrogen-bond donors (Lipinski definition) is 3. The van der Waals surface area contributed by atoms with Crippen LogP contribution in [0.3, 0.4) is 0 Å². The summed E-state index contributed by atoms with van der Waals surface area (Å²) in [5.74, 6) is -3.78. The van der Waals surface area contributed by atoms with E-state index in [-0.39, 0.29) is 41.9 Å². The van der Waals surface area contributed by atoms with Crippen LogP contribution in [-0.2, 0) is 31.5 Å². The molecule has 3 N–H and O–H groups in total. The van der Waals surface area contributed by atoms with Crippen molar-refractivity contribution in [2.24, 2.45) is 0 Å². The topological polar surface area (TPSA) is 115 Å². The zero-order valence-electron chi connectivity index (χ0n) is 7.74. The van der Waals surface area contributed by atoms with Gasteiger partial charge in [0.2, 0.25) is 0 Å². The van der Waals surface area contributed by atoms with Gasteiger partial charge in [0.15, 0.2) is 0 Å². The molecule has 0 bridgehead atoms. The standard InChI is InChI=1S/C6H9NO6.2ClH.Fe/c8-4(9)1-7(2-5(10)11)3-6(12)13;;;/h1-3H2,(H,8,9)(H,10,11)(H,12,13);2*1H;/q;;;+2/p-2. The van der Waals surface area contributed by atoms with Gasteiger partial charge < -0.3 is 40.1 Å². The summed E-state index contributed by atoms with van der Waals surface area (Å²) in [7, 11) is 0. The van der Waals surface area contributed by atoms with Gasteiger partial charge in [-0.05, 0) is 0 Å². The summed E-state index contributed by atoms with van der Waals surface area (Å²) in [5, 5.41) is 24.8. The molecular weight excluding hydrogens is 309 g/mol. The molecule has 0 aromatic heterocycles. The van der Waals surface area contributed by atoms with E-state index in [0.717, 1.165) is 4.90 Å². The van der Waals surface area contributed by atoms with Crippen molar-refractivity contribution >= 4 is 17.9 Å². The number of carboxylic acid groups (broad SMARTS) is 3. The van der Waals surface area contributed by atoms with E-state index in [1.807, 2.05) is 0 Å². The fourth-order valence-electron chi connectivity index (χ4n) is 0.742. The second-order valence-corrected chi connectivity index (χ2v) is 2.33. The van der Waals surface area contributed by atoms with Crippen molar-refractivity contribution in [2.45, 2.75) is 0 Å². The number of halogens is 2. The Morgan fingerprint density at radius 3 is 1.06 bits per heavy atom. The number of carbonyl (C=O) groups is 3. The number of hydrogen-bond acceptors (Lipinski definition) is 4. The predicted octanol–water partition coefficient (Wildman–Crippen LogP) is -7.45. The van der Waals surface area contributed by atoms with Crippen LogP contribution in [0.25, 0.3) is 0 Å². The van der Waals surface area contributed by atoms with E-state index in [2.05, 4.69) is 0 Å². The molecule has 0 radical (unpaired) electrons. The summed E-state index contributed by atoms with van der Waals surface area (Å²) in [5.41, 5.74) is 0. The first kappa shape index (κ1) is 24.6. The first-order valence-corrected chi connectivity index (χ1v) is 3.29. The largest absolute Gasteiger partial charge is 2.00 e.